The summed E-state index contributed by atoms with van der Waals surface area (Å²) in [5.41, 5.74) is -0.654. The maximum Gasteiger partial charge on any atom is 0.249 e. The van der Waals surface area contributed by atoms with E-state index >= 15 is 0 Å². The zero-order valence-corrected chi connectivity index (χ0v) is 11.0. The van der Waals surface area contributed by atoms with Crippen LogP contribution in [-0.2, 0) is 9.59 Å². The third kappa shape index (κ3) is 1.74. The minimum absolute atomic E-state index is 0.000185. The average molecular weight is 238 g/mol. The molecular weight excluding hydrogens is 216 g/mol. The Morgan fingerprint density at radius 1 is 1.29 bits per heavy atom. The normalized spacial score (nSPS) is 28.9. The van der Waals surface area contributed by atoms with Crippen LogP contribution in [0.1, 0.15) is 52.9 Å². The summed E-state index contributed by atoms with van der Waals surface area (Å²) in [5.74, 6) is 0.125. The first kappa shape index (κ1) is 12.4. The number of nitrogens with zero attached hydrogens (tertiary/aromatic N) is 1. The number of piperazine rings is 1. The largest absolute Gasteiger partial charge is 0.340 e. The molecule has 4 heteroatoms. The molecule has 17 heavy (non-hydrogen) atoms. The predicted molar refractivity (Wildman–Crippen MR) is 65.4 cm³/mol. The van der Waals surface area contributed by atoms with Crippen LogP contribution in [0.4, 0.5) is 0 Å². The molecule has 1 aliphatic carbocycles. The van der Waals surface area contributed by atoms with E-state index in [1.54, 1.807) is 0 Å². The number of hydrogen-bond donors (Lipinski definition) is 1. The third-order valence-corrected chi connectivity index (χ3v) is 4.48. The molecule has 1 saturated carbocycles. The Morgan fingerprint density at radius 2 is 1.88 bits per heavy atom. The lowest BCUT2D eigenvalue weighted by molar-refractivity contribution is -0.159. The van der Waals surface area contributed by atoms with Crippen LogP contribution in [0.25, 0.3) is 0 Å². The van der Waals surface area contributed by atoms with Gasteiger partial charge in [-0.05, 0) is 39.0 Å². The van der Waals surface area contributed by atoms with Crippen molar-refractivity contribution < 1.29 is 9.59 Å². The summed E-state index contributed by atoms with van der Waals surface area (Å²) in [4.78, 5) is 26.5. The molecule has 96 valence electrons. The highest BCUT2D eigenvalue weighted by atomic mass is 16.2. The van der Waals surface area contributed by atoms with E-state index in [2.05, 4.69) is 5.32 Å². The molecule has 1 atom stereocenters. The van der Waals surface area contributed by atoms with Crippen LogP contribution in [-0.4, -0.2) is 34.3 Å². The number of amides is 2. The molecule has 2 fully saturated rings. The molecule has 0 radical (unpaired) electrons. The second-order valence-electron chi connectivity index (χ2n) is 5.25. The van der Waals surface area contributed by atoms with Gasteiger partial charge in [0.1, 0.15) is 11.6 Å². The molecule has 0 spiro atoms. The van der Waals surface area contributed by atoms with Gasteiger partial charge in [-0.1, -0.05) is 13.8 Å². The van der Waals surface area contributed by atoms with Crippen molar-refractivity contribution in [3.63, 3.8) is 0 Å². The van der Waals surface area contributed by atoms with E-state index in [1.165, 1.54) is 6.42 Å². The molecule has 4 nitrogen and oxygen atoms in total. The Bertz CT molecular complexity index is 332. The molecule has 0 aromatic heterocycles. The summed E-state index contributed by atoms with van der Waals surface area (Å²) < 4.78 is 0. The van der Waals surface area contributed by atoms with Gasteiger partial charge in [0.2, 0.25) is 11.8 Å². The number of rotatable bonds is 3. The van der Waals surface area contributed by atoms with Gasteiger partial charge in [0, 0.05) is 6.04 Å². The van der Waals surface area contributed by atoms with E-state index in [0.29, 0.717) is 18.9 Å². The molecule has 1 aliphatic heterocycles. The van der Waals surface area contributed by atoms with Crippen LogP contribution in [0.5, 0.6) is 0 Å². The number of carbonyl (C=O) groups is 2. The number of hydrogen-bond acceptors (Lipinski definition) is 2. The van der Waals surface area contributed by atoms with Gasteiger partial charge in [-0.25, -0.2) is 0 Å². The lowest BCUT2D eigenvalue weighted by atomic mass is 9.83. The predicted octanol–water partition coefficient (Wildman–Crippen LogP) is 1.44. The highest BCUT2D eigenvalue weighted by Crippen LogP contribution is 2.33. The molecule has 1 unspecified atom stereocenters. The van der Waals surface area contributed by atoms with E-state index in [0.717, 1.165) is 12.8 Å². The van der Waals surface area contributed by atoms with E-state index in [9.17, 15) is 9.59 Å². The maximum absolute atomic E-state index is 12.6. The molecule has 1 heterocycles. The Hall–Kier alpha value is -1.06. The lowest BCUT2D eigenvalue weighted by Gasteiger charge is -2.50. The summed E-state index contributed by atoms with van der Waals surface area (Å²) in [5, 5.41) is 2.93. The van der Waals surface area contributed by atoms with Gasteiger partial charge in [-0.2, -0.15) is 0 Å². The smallest absolute Gasteiger partial charge is 0.249 e. The van der Waals surface area contributed by atoms with Crippen molar-refractivity contribution in [2.24, 2.45) is 0 Å². The fourth-order valence-electron chi connectivity index (χ4n) is 2.82. The van der Waals surface area contributed by atoms with Crippen LogP contribution < -0.4 is 5.32 Å². The summed E-state index contributed by atoms with van der Waals surface area (Å²) in [6.07, 6.45) is 4.61. The van der Waals surface area contributed by atoms with Gasteiger partial charge in [0.05, 0.1) is 0 Å². The topological polar surface area (TPSA) is 49.4 Å². The third-order valence-electron chi connectivity index (χ3n) is 4.48. The van der Waals surface area contributed by atoms with Crippen molar-refractivity contribution in [3.8, 4) is 0 Å². The second-order valence-corrected chi connectivity index (χ2v) is 5.25. The fourth-order valence-corrected chi connectivity index (χ4v) is 2.82. The molecule has 0 aromatic carbocycles. The van der Waals surface area contributed by atoms with Gasteiger partial charge < -0.3 is 10.2 Å². The molecule has 1 saturated heterocycles. The highest BCUT2D eigenvalue weighted by molar-refractivity contribution is 5.99. The molecule has 0 bridgehead atoms. The number of carbonyl (C=O) groups excluding carboxylic acids is 2. The molecule has 2 rings (SSSR count). The first-order valence-electron chi connectivity index (χ1n) is 6.70. The molecular formula is C13H22N2O2. The van der Waals surface area contributed by atoms with Crippen molar-refractivity contribution in [1.29, 1.82) is 0 Å². The second kappa shape index (κ2) is 4.31. The summed E-state index contributed by atoms with van der Waals surface area (Å²) in [6.45, 7) is 5.77. The van der Waals surface area contributed by atoms with Gasteiger partial charge >= 0.3 is 0 Å². The van der Waals surface area contributed by atoms with E-state index in [4.69, 9.17) is 0 Å². The minimum atomic E-state index is -0.654. The van der Waals surface area contributed by atoms with Crippen LogP contribution >= 0.6 is 0 Å². The summed E-state index contributed by atoms with van der Waals surface area (Å²) in [6, 6.07) is -0.0138. The Labute approximate surface area is 103 Å². The molecule has 1 N–H and O–H groups in total. The van der Waals surface area contributed by atoms with Gasteiger partial charge in [0.25, 0.3) is 0 Å². The zero-order chi connectivity index (χ0) is 12.6. The minimum Gasteiger partial charge on any atom is -0.340 e. The lowest BCUT2D eigenvalue weighted by Crippen LogP contribution is -2.71. The van der Waals surface area contributed by atoms with Crippen LogP contribution in [0.2, 0.25) is 0 Å². The highest BCUT2D eigenvalue weighted by Gasteiger charge is 2.50. The quantitative estimate of drug-likeness (QED) is 0.809. The monoisotopic (exact) mass is 238 g/mol. The van der Waals surface area contributed by atoms with E-state index in [-0.39, 0.29) is 17.9 Å². The van der Waals surface area contributed by atoms with Crippen LogP contribution in [0.15, 0.2) is 0 Å². The fraction of sp³-hybridized carbons (Fsp3) is 0.846. The van der Waals surface area contributed by atoms with Gasteiger partial charge in [-0.3, -0.25) is 9.59 Å². The van der Waals surface area contributed by atoms with Crippen molar-refractivity contribution in [2.45, 2.75) is 70.5 Å². The summed E-state index contributed by atoms with van der Waals surface area (Å²) in [7, 11) is 0. The Kier molecular flexibility index (Phi) is 3.15. The summed E-state index contributed by atoms with van der Waals surface area (Å²) >= 11 is 0. The zero-order valence-electron chi connectivity index (χ0n) is 11.0. The van der Waals surface area contributed by atoms with Crippen molar-refractivity contribution in [3.05, 3.63) is 0 Å². The first-order valence-corrected chi connectivity index (χ1v) is 6.70. The van der Waals surface area contributed by atoms with Crippen LogP contribution in [0, 0.1) is 0 Å². The van der Waals surface area contributed by atoms with Crippen molar-refractivity contribution in [1.82, 2.24) is 10.2 Å². The Morgan fingerprint density at radius 3 is 2.29 bits per heavy atom. The molecule has 2 amide bonds. The SMILES string of the molecule is CCC1(CC)NC(=O)C(C)N(C2CCC2)C1=O. The van der Waals surface area contributed by atoms with E-state index < -0.39 is 5.54 Å². The van der Waals surface area contributed by atoms with E-state index in [1.807, 2.05) is 25.7 Å². The van der Waals surface area contributed by atoms with Crippen molar-refractivity contribution in [2.75, 3.05) is 0 Å². The standard InChI is InChI=1S/C13H22N2O2/c1-4-13(5-2)12(17)15(10-7-6-8-10)9(3)11(16)14-13/h9-10H,4-8H2,1-3H3,(H,14,16). The number of nitrogens with one attached hydrogen (secondary N) is 1. The van der Waals surface area contributed by atoms with Gasteiger partial charge in [0.15, 0.2) is 0 Å². The van der Waals surface area contributed by atoms with Crippen molar-refractivity contribution >= 4 is 11.8 Å². The van der Waals surface area contributed by atoms with Gasteiger partial charge in [-0.15, -0.1) is 0 Å². The van der Waals surface area contributed by atoms with Crippen LogP contribution in [0.3, 0.4) is 0 Å². The first-order chi connectivity index (χ1) is 8.05. The molecule has 0 aromatic rings. The Balaban J connectivity index is 2.29. The molecule has 2 aliphatic rings. The average Bonchev–Trinajstić information content (AvgIpc) is 2.27. The maximum atomic E-state index is 12.6.